The Morgan fingerprint density at radius 2 is 2.30 bits per heavy atom. The summed E-state index contributed by atoms with van der Waals surface area (Å²) in [6, 6.07) is 7.97. The Labute approximate surface area is 117 Å². The highest BCUT2D eigenvalue weighted by Crippen LogP contribution is 2.38. The summed E-state index contributed by atoms with van der Waals surface area (Å²) >= 11 is 0. The Morgan fingerprint density at radius 3 is 3.00 bits per heavy atom. The van der Waals surface area contributed by atoms with Crippen molar-refractivity contribution in [3.63, 3.8) is 0 Å². The van der Waals surface area contributed by atoms with Gasteiger partial charge in [-0.2, -0.15) is 0 Å². The van der Waals surface area contributed by atoms with Crippen LogP contribution in [0.2, 0.25) is 0 Å². The first-order chi connectivity index (χ1) is 9.72. The average Bonchev–Trinajstić information content (AvgIpc) is 3.03. The summed E-state index contributed by atoms with van der Waals surface area (Å²) in [6.07, 6.45) is 2.43. The van der Waals surface area contributed by atoms with Gasteiger partial charge in [-0.15, -0.1) is 0 Å². The molecule has 1 aromatic heterocycles. The number of hydrogen-bond acceptors (Lipinski definition) is 4. The van der Waals surface area contributed by atoms with Crippen molar-refractivity contribution in [3.8, 4) is 0 Å². The van der Waals surface area contributed by atoms with Crippen LogP contribution in [-0.2, 0) is 0 Å². The van der Waals surface area contributed by atoms with Gasteiger partial charge in [0.1, 0.15) is 0 Å². The lowest BCUT2D eigenvalue weighted by atomic mass is 9.98. The molecule has 104 valence electrons. The number of hydrogen-bond donors (Lipinski definition) is 1. The Balaban J connectivity index is 1.96. The molecule has 1 amide bonds. The summed E-state index contributed by atoms with van der Waals surface area (Å²) in [5, 5.41) is 3.68. The van der Waals surface area contributed by atoms with Gasteiger partial charge in [0, 0.05) is 23.7 Å². The molecule has 0 fully saturated rings. The van der Waals surface area contributed by atoms with Crippen LogP contribution in [0.3, 0.4) is 0 Å². The van der Waals surface area contributed by atoms with Gasteiger partial charge in [-0.1, -0.05) is 23.4 Å². The molecule has 1 unspecified atom stereocenters. The number of benzene rings is 1. The summed E-state index contributed by atoms with van der Waals surface area (Å²) in [7, 11) is 0. The molecule has 5 heteroatoms. The summed E-state index contributed by atoms with van der Waals surface area (Å²) < 4.78 is 5.08. The number of fused-ring (bicyclic) bond motifs is 1. The molecule has 0 bridgehead atoms. The van der Waals surface area contributed by atoms with Crippen molar-refractivity contribution in [1.29, 1.82) is 0 Å². The number of aromatic nitrogens is 1. The lowest BCUT2D eigenvalue weighted by Gasteiger charge is -2.16. The highest BCUT2D eigenvalue weighted by molar-refractivity contribution is 6.06. The standard InChI is InChI=1S/C15H17N3O2/c1-10-8-17-20-14(10)15(19)18-9-11(6-7-16)12-4-2-3-5-13(12)18/h2-5,8,11H,6-7,9,16H2,1H3. The zero-order valence-electron chi connectivity index (χ0n) is 11.4. The molecule has 0 saturated carbocycles. The largest absolute Gasteiger partial charge is 0.351 e. The van der Waals surface area contributed by atoms with Gasteiger partial charge in [0.05, 0.1) is 6.20 Å². The molecule has 0 saturated heterocycles. The van der Waals surface area contributed by atoms with Crippen LogP contribution in [0.1, 0.15) is 34.0 Å². The zero-order valence-corrected chi connectivity index (χ0v) is 11.4. The molecular weight excluding hydrogens is 254 g/mol. The fraction of sp³-hybridized carbons (Fsp3) is 0.333. The van der Waals surface area contributed by atoms with Gasteiger partial charge in [-0.25, -0.2) is 0 Å². The molecular formula is C15H17N3O2. The van der Waals surface area contributed by atoms with Crippen LogP contribution >= 0.6 is 0 Å². The van der Waals surface area contributed by atoms with Crippen LogP contribution in [0.5, 0.6) is 0 Å². The first-order valence-electron chi connectivity index (χ1n) is 6.74. The maximum absolute atomic E-state index is 12.6. The molecule has 5 nitrogen and oxygen atoms in total. The van der Waals surface area contributed by atoms with Gasteiger partial charge in [-0.3, -0.25) is 4.79 Å². The Kier molecular flexibility index (Phi) is 3.28. The first kappa shape index (κ1) is 12.9. The second kappa shape index (κ2) is 5.09. The van der Waals surface area contributed by atoms with Crippen molar-refractivity contribution in [2.24, 2.45) is 5.73 Å². The Morgan fingerprint density at radius 1 is 1.50 bits per heavy atom. The molecule has 2 N–H and O–H groups in total. The molecule has 0 radical (unpaired) electrons. The molecule has 20 heavy (non-hydrogen) atoms. The van der Waals surface area contributed by atoms with Gasteiger partial charge < -0.3 is 15.2 Å². The quantitative estimate of drug-likeness (QED) is 0.927. The minimum Gasteiger partial charge on any atom is -0.351 e. The third-order valence-corrected chi connectivity index (χ3v) is 3.77. The van der Waals surface area contributed by atoms with Gasteiger partial charge in [0.25, 0.3) is 5.91 Å². The van der Waals surface area contributed by atoms with Crippen molar-refractivity contribution < 1.29 is 9.32 Å². The summed E-state index contributed by atoms with van der Waals surface area (Å²) in [4.78, 5) is 14.4. The van der Waals surface area contributed by atoms with E-state index in [9.17, 15) is 4.79 Å². The number of carbonyl (C=O) groups excluding carboxylic acids is 1. The molecule has 1 aromatic carbocycles. The van der Waals surface area contributed by atoms with E-state index in [1.54, 1.807) is 11.1 Å². The number of carbonyl (C=O) groups is 1. The van der Waals surface area contributed by atoms with E-state index in [1.807, 2.05) is 25.1 Å². The van der Waals surface area contributed by atoms with Crippen LogP contribution in [0.25, 0.3) is 0 Å². The van der Waals surface area contributed by atoms with E-state index >= 15 is 0 Å². The number of rotatable bonds is 3. The molecule has 2 heterocycles. The van der Waals surface area contributed by atoms with Crippen molar-refractivity contribution in [3.05, 3.63) is 47.3 Å². The van der Waals surface area contributed by atoms with Gasteiger partial charge in [-0.05, 0) is 31.5 Å². The maximum Gasteiger partial charge on any atom is 0.297 e. The smallest absolute Gasteiger partial charge is 0.297 e. The topological polar surface area (TPSA) is 72.4 Å². The van der Waals surface area contributed by atoms with Crippen LogP contribution < -0.4 is 10.6 Å². The fourth-order valence-corrected chi connectivity index (χ4v) is 2.75. The molecule has 1 aliphatic rings. The van der Waals surface area contributed by atoms with Crippen molar-refractivity contribution in [2.45, 2.75) is 19.3 Å². The van der Waals surface area contributed by atoms with Gasteiger partial charge in [0.15, 0.2) is 0 Å². The second-order valence-electron chi connectivity index (χ2n) is 5.09. The monoisotopic (exact) mass is 271 g/mol. The van der Waals surface area contributed by atoms with E-state index in [1.165, 1.54) is 5.56 Å². The number of nitrogens with two attached hydrogens (primary N) is 1. The van der Waals surface area contributed by atoms with Crippen LogP contribution in [-0.4, -0.2) is 24.2 Å². The number of anilines is 1. The number of amides is 1. The highest BCUT2D eigenvalue weighted by atomic mass is 16.5. The van der Waals surface area contributed by atoms with Gasteiger partial charge in [0.2, 0.25) is 5.76 Å². The molecule has 0 aliphatic carbocycles. The van der Waals surface area contributed by atoms with E-state index < -0.39 is 0 Å². The predicted molar refractivity (Wildman–Crippen MR) is 75.8 cm³/mol. The first-order valence-corrected chi connectivity index (χ1v) is 6.74. The third kappa shape index (κ3) is 2.00. The van der Waals surface area contributed by atoms with E-state index in [-0.39, 0.29) is 5.91 Å². The lowest BCUT2D eigenvalue weighted by molar-refractivity contribution is 0.0951. The fourth-order valence-electron chi connectivity index (χ4n) is 2.75. The minimum atomic E-state index is -0.132. The minimum absolute atomic E-state index is 0.132. The molecule has 1 aliphatic heterocycles. The molecule has 3 rings (SSSR count). The predicted octanol–water partition coefficient (Wildman–Crippen LogP) is 2.08. The molecule has 2 aromatic rings. The summed E-state index contributed by atoms with van der Waals surface area (Å²) in [6.45, 7) is 3.08. The van der Waals surface area contributed by atoms with E-state index in [2.05, 4.69) is 11.2 Å². The average molecular weight is 271 g/mol. The zero-order chi connectivity index (χ0) is 14.1. The van der Waals surface area contributed by atoms with E-state index in [4.69, 9.17) is 10.3 Å². The van der Waals surface area contributed by atoms with Crippen LogP contribution in [0.15, 0.2) is 35.0 Å². The van der Waals surface area contributed by atoms with Crippen LogP contribution in [0, 0.1) is 6.92 Å². The van der Waals surface area contributed by atoms with Gasteiger partial charge >= 0.3 is 0 Å². The Bertz CT molecular complexity index is 636. The molecule has 0 spiro atoms. The van der Waals surface area contributed by atoms with Crippen molar-refractivity contribution in [2.75, 3.05) is 18.0 Å². The SMILES string of the molecule is Cc1cnoc1C(=O)N1CC(CCN)c2ccccc21. The summed E-state index contributed by atoms with van der Waals surface area (Å²) in [5.74, 6) is 0.476. The van der Waals surface area contributed by atoms with E-state index in [0.717, 1.165) is 17.7 Å². The highest BCUT2D eigenvalue weighted by Gasteiger charge is 2.34. The normalized spacial score (nSPS) is 17.3. The Hall–Kier alpha value is -2.14. The number of para-hydroxylation sites is 1. The maximum atomic E-state index is 12.6. The molecule has 1 atom stereocenters. The van der Waals surface area contributed by atoms with Crippen LogP contribution in [0.4, 0.5) is 5.69 Å². The summed E-state index contributed by atoms with van der Waals surface area (Å²) in [5.41, 5.74) is 8.57. The number of nitrogens with zero attached hydrogens (tertiary/aromatic N) is 2. The second-order valence-corrected chi connectivity index (χ2v) is 5.09. The van der Waals surface area contributed by atoms with E-state index in [0.29, 0.717) is 24.8 Å². The van der Waals surface area contributed by atoms with Crippen molar-refractivity contribution in [1.82, 2.24) is 5.16 Å². The lowest BCUT2D eigenvalue weighted by Crippen LogP contribution is -2.30. The van der Waals surface area contributed by atoms with Crippen molar-refractivity contribution >= 4 is 11.6 Å². The third-order valence-electron chi connectivity index (χ3n) is 3.77. The number of aryl methyl sites for hydroxylation is 1.